The summed E-state index contributed by atoms with van der Waals surface area (Å²) in [6.07, 6.45) is 3.10. The van der Waals surface area contributed by atoms with E-state index in [9.17, 15) is 9.59 Å². The molecule has 2 aliphatic heterocycles. The van der Waals surface area contributed by atoms with Crippen molar-refractivity contribution in [1.82, 2.24) is 4.90 Å². The quantitative estimate of drug-likeness (QED) is 0.548. The van der Waals surface area contributed by atoms with Gasteiger partial charge in [-0.15, -0.1) is 0 Å². The van der Waals surface area contributed by atoms with Gasteiger partial charge in [-0.1, -0.05) is 24.0 Å². The van der Waals surface area contributed by atoms with E-state index in [1.807, 2.05) is 26.0 Å². The van der Waals surface area contributed by atoms with E-state index < -0.39 is 5.97 Å². The Morgan fingerprint density at radius 2 is 2.30 bits per heavy atom. The van der Waals surface area contributed by atoms with Crippen LogP contribution in [-0.4, -0.2) is 45.5 Å². The second-order valence-electron chi connectivity index (χ2n) is 6.39. The molecule has 1 saturated heterocycles. The van der Waals surface area contributed by atoms with Crippen LogP contribution in [0.25, 0.3) is 6.08 Å². The number of amides is 1. The minimum Gasteiger partial charge on any atom is -0.493 e. The van der Waals surface area contributed by atoms with Crippen LogP contribution < -0.4 is 9.47 Å². The molecule has 1 aromatic carbocycles. The lowest BCUT2D eigenvalue weighted by Gasteiger charge is -2.13. The molecule has 3 rings (SSSR count). The van der Waals surface area contributed by atoms with Gasteiger partial charge in [0, 0.05) is 30.5 Å². The average molecular weight is 408 g/mol. The number of thiocarbonyl (C=S) groups is 1. The Labute approximate surface area is 167 Å². The Bertz CT molecular complexity index is 821. The van der Waals surface area contributed by atoms with Crippen LogP contribution in [0.15, 0.2) is 17.0 Å². The van der Waals surface area contributed by atoms with Crippen LogP contribution >= 0.6 is 24.0 Å². The molecule has 1 unspecified atom stereocenters. The molecular formula is C19H21NO5S2. The molecule has 2 heterocycles. The van der Waals surface area contributed by atoms with Gasteiger partial charge >= 0.3 is 5.97 Å². The summed E-state index contributed by atoms with van der Waals surface area (Å²) in [4.78, 5) is 25.3. The number of carboxylic acids is 1. The molecule has 1 amide bonds. The number of carboxylic acid groups (broad SMARTS) is 1. The number of hydrogen-bond acceptors (Lipinski definition) is 6. The van der Waals surface area contributed by atoms with Gasteiger partial charge in [0.25, 0.3) is 5.91 Å². The lowest BCUT2D eigenvalue weighted by atomic mass is 10.1. The van der Waals surface area contributed by atoms with Crippen molar-refractivity contribution in [2.45, 2.75) is 39.2 Å². The monoisotopic (exact) mass is 407 g/mol. The van der Waals surface area contributed by atoms with Crippen LogP contribution in [0.4, 0.5) is 0 Å². The summed E-state index contributed by atoms with van der Waals surface area (Å²) < 4.78 is 12.0. The molecule has 1 N–H and O–H groups in total. The van der Waals surface area contributed by atoms with Gasteiger partial charge < -0.3 is 14.6 Å². The Kier molecular flexibility index (Phi) is 6.06. The third-order valence-corrected chi connectivity index (χ3v) is 5.64. The van der Waals surface area contributed by atoms with Crippen LogP contribution in [0, 0.1) is 0 Å². The molecule has 0 radical (unpaired) electrons. The zero-order chi connectivity index (χ0) is 19.6. The normalized spacial score (nSPS) is 20.1. The van der Waals surface area contributed by atoms with E-state index >= 15 is 0 Å². The molecule has 8 heteroatoms. The second kappa shape index (κ2) is 8.31. The van der Waals surface area contributed by atoms with Crippen LogP contribution in [0.5, 0.6) is 11.5 Å². The number of thioether (sulfide) groups is 1. The highest BCUT2D eigenvalue weighted by Gasteiger charge is 2.32. The van der Waals surface area contributed by atoms with E-state index in [1.54, 1.807) is 6.08 Å². The highest BCUT2D eigenvalue weighted by molar-refractivity contribution is 8.26. The lowest BCUT2D eigenvalue weighted by molar-refractivity contribution is -0.137. The SMILES string of the molecule is CCOc1cc2c(cc1C=C1SC(=S)N(CCCC(=O)O)C1=O)OC(C)C2. The fraction of sp³-hybridized carbons (Fsp3) is 0.421. The summed E-state index contributed by atoms with van der Waals surface area (Å²) in [5.74, 6) is 0.441. The third-order valence-electron chi connectivity index (χ3n) is 4.26. The van der Waals surface area contributed by atoms with E-state index in [2.05, 4.69) is 0 Å². The Morgan fingerprint density at radius 1 is 1.52 bits per heavy atom. The number of aliphatic carboxylic acids is 1. The predicted molar refractivity (Wildman–Crippen MR) is 108 cm³/mol. The van der Waals surface area contributed by atoms with Crippen LogP contribution in [0.3, 0.4) is 0 Å². The molecule has 2 aliphatic rings. The van der Waals surface area contributed by atoms with Crippen molar-refractivity contribution in [3.63, 3.8) is 0 Å². The first kappa shape index (κ1) is 19.7. The van der Waals surface area contributed by atoms with Gasteiger partial charge in [-0.2, -0.15) is 0 Å². The molecule has 0 spiro atoms. The molecule has 1 aromatic rings. The highest BCUT2D eigenvalue weighted by atomic mass is 32.2. The minimum atomic E-state index is -0.885. The summed E-state index contributed by atoms with van der Waals surface area (Å²) >= 11 is 6.51. The summed E-state index contributed by atoms with van der Waals surface area (Å²) in [7, 11) is 0. The summed E-state index contributed by atoms with van der Waals surface area (Å²) in [5, 5.41) is 8.76. The van der Waals surface area contributed by atoms with E-state index in [0.717, 1.165) is 23.3 Å². The molecular weight excluding hydrogens is 386 g/mol. The second-order valence-corrected chi connectivity index (χ2v) is 8.07. The maximum absolute atomic E-state index is 12.7. The van der Waals surface area contributed by atoms with Crippen molar-refractivity contribution < 1.29 is 24.2 Å². The highest BCUT2D eigenvalue weighted by Crippen LogP contribution is 2.39. The summed E-state index contributed by atoms with van der Waals surface area (Å²) in [6, 6.07) is 3.88. The Morgan fingerprint density at radius 3 is 3.00 bits per heavy atom. The smallest absolute Gasteiger partial charge is 0.303 e. The van der Waals surface area contributed by atoms with Gasteiger partial charge in [-0.25, -0.2) is 0 Å². The van der Waals surface area contributed by atoms with Crippen molar-refractivity contribution in [3.05, 3.63) is 28.2 Å². The fourth-order valence-electron chi connectivity index (χ4n) is 3.07. The number of benzene rings is 1. The third kappa shape index (κ3) is 4.44. The first-order chi connectivity index (χ1) is 12.9. The molecule has 0 aromatic heterocycles. The standard InChI is InChI=1S/C19H21NO5S2/c1-3-24-14-8-12-7-11(2)25-15(12)9-13(14)10-16-18(23)20(19(26)27-16)6-4-5-17(21)22/h8-11H,3-7H2,1-2H3,(H,21,22). The van der Waals surface area contributed by atoms with Crippen LogP contribution in [-0.2, 0) is 16.0 Å². The Hall–Kier alpha value is -2.06. The van der Waals surface area contributed by atoms with Crippen molar-refractivity contribution in [2.24, 2.45) is 0 Å². The maximum atomic E-state index is 12.7. The maximum Gasteiger partial charge on any atom is 0.303 e. The van der Waals surface area contributed by atoms with Crippen molar-refractivity contribution in [3.8, 4) is 11.5 Å². The van der Waals surface area contributed by atoms with E-state index in [-0.39, 0.29) is 18.4 Å². The largest absolute Gasteiger partial charge is 0.493 e. The van der Waals surface area contributed by atoms with E-state index in [0.29, 0.717) is 34.5 Å². The molecule has 0 bridgehead atoms. The molecule has 144 valence electrons. The summed E-state index contributed by atoms with van der Waals surface area (Å²) in [6.45, 7) is 4.75. The van der Waals surface area contributed by atoms with Gasteiger partial charge in [0.15, 0.2) is 0 Å². The van der Waals surface area contributed by atoms with E-state index in [4.69, 9.17) is 26.8 Å². The van der Waals surface area contributed by atoms with Gasteiger partial charge in [0.05, 0.1) is 11.5 Å². The van der Waals surface area contributed by atoms with Crippen LogP contribution in [0.1, 0.15) is 37.8 Å². The van der Waals surface area contributed by atoms with Gasteiger partial charge in [-0.05, 0) is 38.5 Å². The first-order valence-electron chi connectivity index (χ1n) is 8.82. The zero-order valence-corrected chi connectivity index (χ0v) is 16.8. The topological polar surface area (TPSA) is 76.1 Å². The number of fused-ring (bicyclic) bond motifs is 1. The molecule has 0 saturated carbocycles. The van der Waals surface area contributed by atoms with Crippen molar-refractivity contribution >= 4 is 46.3 Å². The molecule has 27 heavy (non-hydrogen) atoms. The molecule has 1 fully saturated rings. The number of hydrogen-bond donors (Lipinski definition) is 1. The first-order valence-corrected chi connectivity index (χ1v) is 10.0. The number of ether oxygens (including phenoxy) is 2. The number of rotatable bonds is 7. The minimum absolute atomic E-state index is 0.00490. The fourth-order valence-corrected chi connectivity index (χ4v) is 4.37. The van der Waals surface area contributed by atoms with Gasteiger partial charge in [0.2, 0.25) is 0 Å². The van der Waals surface area contributed by atoms with E-state index in [1.165, 1.54) is 16.7 Å². The van der Waals surface area contributed by atoms with Crippen LogP contribution in [0.2, 0.25) is 0 Å². The lowest BCUT2D eigenvalue weighted by Crippen LogP contribution is -2.29. The zero-order valence-electron chi connectivity index (χ0n) is 15.2. The predicted octanol–water partition coefficient (Wildman–Crippen LogP) is 3.47. The number of nitrogens with zero attached hydrogens (tertiary/aromatic N) is 1. The van der Waals surface area contributed by atoms with Gasteiger partial charge in [-0.3, -0.25) is 14.5 Å². The van der Waals surface area contributed by atoms with Gasteiger partial charge in [0.1, 0.15) is 21.9 Å². The molecule has 1 atom stereocenters. The number of carbonyl (C=O) groups is 2. The summed E-state index contributed by atoms with van der Waals surface area (Å²) in [5.41, 5.74) is 1.88. The number of carbonyl (C=O) groups excluding carboxylic acids is 1. The van der Waals surface area contributed by atoms with Crippen molar-refractivity contribution in [2.75, 3.05) is 13.2 Å². The Balaban J connectivity index is 1.84. The molecule has 0 aliphatic carbocycles. The van der Waals surface area contributed by atoms with Crippen molar-refractivity contribution in [1.29, 1.82) is 0 Å². The molecule has 6 nitrogen and oxygen atoms in total. The average Bonchev–Trinajstić information content (AvgIpc) is 3.08.